The molecule has 0 radical (unpaired) electrons. The van der Waals surface area contributed by atoms with E-state index in [-0.39, 0.29) is 11.9 Å². The van der Waals surface area contributed by atoms with Crippen LogP contribution in [-0.4, -0.2) is 24.5 Å². The van der Waals surface area contributed by atoms with Crippen molar-refractivity contribution >= 4 is 11.9 Å². The van der Waals surface area contributed by atoms with E-state index >= 15 is 0 Å². The molecular formula is C16H24N2O3. The number of hydrogen-bond donors (Lipinski definition) is 2. The molecule has 21 heavy (non-hydrogen) atoms. The van der Waals surface area contributed by atoms with Gasteiger partial charge in [0, 0.05) is 6.54 Å². The van der Waals surface area contributed by atoms with Gasteiger partial charge in [0.25, 0.3) is 0 Å². The van der Waals surface area contributed by atoms with Gasteiger partial charge in [0.1, 0.15) is 0 Å². The lowest BCUT2D eigenvalue weighted by molar-refractivity contribution is -0.125. The predicted octanol–water partition coefficient (Wildman–Crippen LogP) is 1.77. The Morgan fingerprint density at radius 1 is 1.38 bits per heavy atom. The summed E-state index contributed by atoms with van der Waals surface area (Å²) in [6.07, 6.45) is 0. The summed E-state index contributed by atoms with van der Waals surface area (Å²) in [7, 11) is 1.36. The van der Waals surface area contributed by atoms with E-state index in [9.17, 15) is 9.59 Å². The summed E-state index contributed by atoms with van der Waals surface area (Å²) in [5, 5.41) is 3.19. The molecule has 3 N–H and O–H groups in total. The van der Waals surface area contributed by atoms with Crippen LogP contribution in [0.2, 0.25) is 0 Å². The Bertz CT molecular complexity index is 540. The zero-order valence-electron chi connectivity index (χ0n) is 13.3. The van der Waals surface area contributed by atoms with Gasteiger partial charge < -0.3 is 10.5 Å². The van der Waals surface area contributed by atoms with E-state index in [1.165, 1.54) is 7.11 Å². The SMILES string of the molecule is COC(=O)c1cc(CNC(C)(C(N)=O)C(C)C)ccc1C. The Balaban J connectivity index is 2.94. The number of carbonyl (C=O) groups excluding carboxylic acids is 2. The van der Waals surface area contributed by atoms with E-state index in [0.29, 0.717) is 12.1 Å². The van der Waals surface area contributed by atoms with Crippen molar-refractivity contribution in [3.05, 3.63) is 34.9 Å². The molecule has 0 fully saturated rings. The summed E-state index contributed by atoms with van der Waals surface area (Å²) in [5.74, 6) is -0.700. The fraction of sp³-hybridized carbons (Fsp3) is 0.500. The van der Waals surface area contributed by atoms with Gasteiger partial charge in [0.2, 0.25) is 5.91 Å². The number of aryl methyl sites for hydroxylation is 1. The van der Waals surface area contributed by atoms with E-state index in [1.54, 1.807) is 13.0 Å². The molecular weight excluding hydrogens is 268 g/mol. The monoisotopic (exact) mass is 292 g/mol. The predicted molar refractivity (Wildman–Crippen MR) is 81.8 cm³/mol. The first-order valence-electron chi connectivity index (χ1n) is 6.95. The molecule has 1 rings (SSSR count). The maximum atomic E-state index is 11.7. The van der Waals surface area contributed by atoms with Crippen molar-refractivity contribution in [2.75, 3.05) is 7.11 Å². The Morgan fingerprint density at radius 3 is 2.48 bits per heavy atom. The molecule has 0 aliphatic heterocycles. The highest BCUT2D eigenvalue weighted by Gasteiger charge is 2.33. The molecule has 0 aliphatic carbocycles. The molecule has 0 aliphatic rings. The van der Waals surface area contributed by atoms with Gasteiger partial charge in [-0.15, -0.1) is 0 Å². The van der Waals surface area contributed by atoms with Crippen LogP contribution in [0.1, 0.15) is 42.3 Å². The van der Waals surface area contributed by atoms with Crippen LogP contribution in [0.15, 0.2) is 18.2 Å². The highest BCUT2D eigenvalue weighted by Crippen LogP contribution is 2.18. The molecule has 1 aromatic carbocycles. The van der Waals surface area contributed by atoms with Crippen molar-refractivity contribution in [2.45, 2.75) is 39.8 Å². The number of primary amides is 1. The number of amides is 1. The van der Waals surface area contributed by atoms with Gasteiger partial charge >= 0.3 is 5.97 Å². The molecule has 1 aromatic rings. The Hall–Kier alpha value is -1.88. The molecule has 0 aromatic heterocycles. The average Bonchev–Trinajstić information content (AvgIpc) is 2.44. The molecule has 1 amide bonds. The number of methoxy groups -OCH3 is 1. The van der Waals surface area contributed by atoms with E-state index in [0.717, 1.165) is 11.1 Å². The van der Waals surface area contributed by atoms with E-state index in [1.807, 2.05) is 32.9 Å². The lowest BCUT2D eigenvalue weighted by Gasteiger charge is -2.31. The molecule has 5 heteroatoms. The summed E-state index contributed by atoms with van der Waals surface area (Å²) in [4.78, 5) is 23.3. The quantitative estimate of drug-likeness (QED) is 0.783. The highest BCUT2D eigenvalue weighted by atomic mass is 16.5. The third-order valence-corrected chi connectivity index (χ3v) is 4.03. The number of rotatable bonds is 6. The minimum Gasteiger partial charge on any atom is -0.465 e. The van der Waals surface area contributed by atoms with Gasteiger partial charge in [-0.3, -0.25) is 10.1 Å². The van der Waals surface area contributed by atoms with Crippen LogP contribution in [0.25, 0.3) is 0 Å². The molecule has 116 valence electrons. The number of nitrogens with two attached hydrogens (primary N) is 1. The number of carbonyl (C=O) groups is 2. The highest BCUT2D eigenvalue weighted by molar-refractivity contribution is 5.91. The van der Waals surface area contributed by atoms with Gasteiger partial charge in [-0.05, 0) is 37.0 Å². The smallest absolute Gasteiger partial charge is 0.338 e. The van der Waals surface area contributed by atoms with Crippen LogP contribution >= 0.6 is 0 Å². The first kappa shape index (κ1) is 17.2. The minimum atomic E-state index is -0.795. The van der Waals surface area contributed by atoms with Gasteiger partial charge in [0.05, 0.1) is 18.2 Å². The third kappa shape index (κ3) is 3.82. The molecule has 5 nitrogen and oxygen atoms in total. The second kappa shape index (κ2) is 6.72. The van der Waals surface area contributed by atoms with Crippen molar-refractivity contribution in [3.8, 4) is 0 Å². The lowest BCUT2D eigenvalue weighted by Crippen LogP contribution is -2.56. The summed E-state index contributed by atoms with van der Waals surface area (Å²) in [6.45, 7) is 7.96. The van der Waals surface area contributed by atoms with Gasteiger partial charge in [-0.1, -0.05) is 26.0 Å². The molecule has 0 bridgehead atoms. The maximum absolute atomic E-state index is 11.7. The second-order valence-corrected chi connectivity index (χ2v) is 5.72. The van der Waals surface area contributed by atoms with Crippen molar-refractivity contribution in [3.63, 3.8) is 0 Å². The number of esters is 1. The van der Waals surface area contributed by atoms with Crippen molar-refractivity contribution in [1.82, 2.24) is 5.32 Å². The van der Waals surface area contributed by atoms with Crippen LogP contribution in [0.4, 0.5) is 0 Å². The normalized spacial score (nSPS) is 13.8. The topological polar surface area (TPSA) is 81.4 Å². The molecule has 0 saturated heterocycles. The summed E-state index contributed by atoms with van der Waals surface area (Å²) in [5.41, 5.74) is 6.97. The van der Waals surface area contributed by atoms with Gasteiger partial charge in [-0.2, -0.15) is 0 Å². The zero-order valence-corrected chi connectivity index (χ0v) is 13.3. The average molecular weight is 292 g/mol. The zero-order chi connectivity index (χ0) is 16.2. The van der Waals surface area contributed by atoms with Gasteiger partial charge in [-0.25, -0.2) is 4.79 Å². The van der Waals surface area contributed by atoms with E-state index in [4.69, 9.17) is 10.5 Å². The Morgan fingerprint density at radius 2 is 2.00 bits per heavy atom. The van der Waals surface area contributed by atoms with Gasteiger partial charge in [0.15, 0.2) is 0 Å². The largest absolute Gasteiger partial charge is 0.465 e. The Labute approximate surface area is 125 Å². The number of benzene rings is 1. The lowest BCUT2D eigenvalue weighted by atomic mass is 9.87. The van der Waals surface area contributed by atoms with Crippen LogP contribution < -0.4 is 11.1 Å². The number of hydrogen-bond acceptors (Lipinski definition) is 4. The van der Waals surface area contributed by atoms with E-state index < -0.39 is 11.4 Å². The Kier molecular flexibility index (Phi) is 5.49. The summed E-state index contributed by atoms with van der Waals surface area (Å²) in [6, 6.07) is 5.55. The molecule has 0 saturated carbocycles. The van der Waals surface area contributed by atoms with Crippen LogP contribution in [0.3, 0.4) is 0 Å². The second-order valence-electron chi connectivity index (χ2n) is 5.72. The molecule has 0 heterocycles. The van der Waals surface area contributed by atoms with Crippen molar-refractivity contribution < 1.29 is 14.3 Å². The fourth-order valence-corrected chi connectivity index (χ4v) is 1.97. The maximum Gasteiger partial charge on any atom is 0.338 e. The summed E-state index contributed by atoms with van der Waals surface area (Å²) >= 11 is 0. The molecule has 1 unspecified atom stereocenters. The number of nitrogens with one attached hydrogen (secondary N) is 1. The molecule has 1 atom stereocenters. The van der Waals surface area contributed by atoms with Crippen LogP contribution in [0, 0.1) is 12.8 Å². The summed E-state index contributed by atoms with van der Waals surface area (Å²) < 4.78 is 4.76. The fourth-order valence-electron chi connectivity index (χ4n) is 1.97. The van der Waals surface area contributed by atoms with Crippen molar-refractivity contribution in [1.29, 1.82) is 0 Å². The third-order valence-electron chi connectivity index (χ3n) is 4.03. The standard InChI is InChI=1S/C16H24N2O3/c1-10(2)16(4,15(17)20)18-9-12-7-6-11(3)13(8-12)14(19)21-5/h6-8,10,18H,9H2,1-5H3,(H2,17,20). The van der Waals surface area contributed by atoms with E-state index in [2.05, 4.69) is 5.32 Å². The van der Waals surface area contributed by atoms with Crippen molar-refractivity contribution in [2.24, 2.45) is 11.7 Å². The number of ether oxygens (including phenoxy) is 1. The first-order chi connectivity index (χ1) is 9.72. The van der Waals surface area contributed by atoms with Crippen LogP contribution in [0.5, 0.6) is 0 Å². The minimum absolute atomic E-state index is 0.0560. The van der Waals surface area contributed by atoms with Crippen LogP contribution in [-0.2, 0) is 16.1 Å². The first-order valence-corrected chi connectivity index (χ1v) is 6.95. The molecule has 0 spiro atoms.